The molecule has 2 atom stereocenters. The van der Waals surface area contributed by atoms with Crippen LogP contribution in [0.3, 0.4) is 0 Å². The summed E-state index contributed by atoms with van der Waals surface area (Å²) in [5.41, 5.74) is 13.0. The molecule has 31 heavy (non-hydrogen) atoms. The molecule has 1 aromatic carbocycles. The molecule has 1 aliphatic heterocycles. The summed E-state index contributed by atoms with van der Waals surface area (Å²) in [7, 11) is 4.08. The third-order valence-electron chi connectivity index (χ3n) is 5.85. The zero-order valence-electron chi connectivity index (χ0n) is 17.8. The highest BCUT2D eigenvalue weighted by Gasteiger charge is 2.23. The molecule has 1 unspecified atom stereocenters. The van der Waals surface area contributed by atoms with Crippen molar-refractivity contribution in [2.75, 3.05) is 12.4 Å². The predicted molar refractivity (Wildman–Crippen MR) is 137 cm³/mol. The number of aryl methyl sites for hydroxylation is 1. The molecule has 1 saturated carbocycles. The highest BCUT2D eigenvalue weighted by Crippen LogP contribution is 2.33. The molecule has 3 N–H and O–H groups in total. The molecule has 3 aromatic rings. The molecule has 2 aromatic heterocycles. The number of nitrogens with two attached hydrogens (primary N) is 1. The minimum atomic E-state index is -0.0260. The summed E-state index contributed by atoms with van der Waals surface area (Å²) in [5, 5.41) is 8.04. The second-order valence-corrected chi connectivity index (χ2v) is 11.0. The van der Waals surface area contributed by atoms with E-state index >= 15 is 0 Å². The Labute approximate surface area is 193 Å². The zero-order chi connectivity index (χ0) is 21.4. The number of hydrogen-bond donors (Lipinski definition) is 2. The Balaban J connectivity index is 1.52. The molecule has 1 aliphatic carbocycles. The molecule has 3 heterocycles. The molecule has 0 spiro atoms. The van der Waals surface area contributed by atoms with E-state index in [0.29, 0.717) is 6.04 Å². The van der Waals surface area contributed by atoms with Gasteiger partial charge in [-0.15, -0.1) is 0 Å². The standard InChI is InChI=1S/C24H27IN6/c1-30-14-18(12-25-30)16-4-3-5-17(10-16)23-9-8-22(19-13-27-31(2)15-19)24(29-23)28-21-7-6-20(26)11-21/h3-5,8-10,12-15,20-21H,6-7,11,26H2,1-2H3,(H,28,29)/t20?,21-/m0/s1. The molecule has 5 rings (SSSR count). The first-order valence-electron chi connectivity index (χ1n) is 10.6. The largest absolute Gasteiger partial charge is 0.367 e. The van der Waals surface area contributed by atoms with E-state index in [1.807, 2.05) is 24.1 Å². The first-order valence-corrected chi connectivity index (χ1v) is 12.8. The van der Waals surface area contributed by atoms with E-state index < -0.39 is 0 Å². The summed E-state index contributed by atoms with van der Waals surface area (Å²) in [6.07, 6.45) is 9.28. The van der Waals surface area contributed by atoms with E-state index in [-0.39, 0.29) is 27.0 Å². The molecule has 2 aliphatic rings. The van der Waals surface area contributed by atoms with E-state index in [4.69, 9.17) is 10.7 Å². The van der Waals surface area contributed by atoms with Gasteiger partial charge in [-0.3, -0.25) is 4.68 Å². The Morgan fingerprint density at radius 2 is 1.97 bits per heavy atom. The maximum absolute atomic E-state index is 6.16. The smallest absolute Gasteiger partial charge is 0.134 e. The summed E-state index contributed by atoms with van der Waals surface area (Å²) in [6.45, 7) is 0. The van der Waals surface area contributed by atoms with E-state index in [9.17, 15) is 0 Å². The number of hydrogen-bond acceptors (Lipinski definition) is 5. The Bertz CT molecular complexity index is 1160. The predicted octanol–water partition coefficient (Wildman–Crippen LogP) is 4.42. The van der Waals surface area contributed by atoms with Crippen molar-refractivity contribution in [3.05, 3.63) is 60.6 Å². The van der Waals surface area contributed by atoms with Gasteiger partial charge in [0.2, 0.25) is 0 Å². The van der Waals surface area contributed by atoms with Crippen LogP contribution in [0.1, 0.15) is 24.8 Å². The van der Waals surface area contributed by atoms with E-state index in [0.717, 1.165) is 47.5 Å². The summed E-state index contributed by atoms with van der Waals surface area (Å²) in [5.74, 6) is 0.909. The van der Waals surface area contributed by atoms with Gasteiger partial charge < -0.3 is 14.2 Å². The first-order chi connectivity index (χ1) is 15.0. The number of nitrogens with one attached hydrogen (secondary N) is 1. The maximum Gasteiger partial charge on any atom is 0.134 e. The normalized spacial score (nSPS) is 20.6. The fourth-order valence-corrected chi connectivity index (χ4v) is 5.96. The summed E-state index contributed by atoms with van der Waals surface area (Å²) in [4.78, 5) is 5.08. The fraction of sp³-hybridized carbons (Fsp3) is 0.292. The van der Waals surface area contributed by atoms with Crippen molar-refractivity contribution < 1.29 is 0 Å². The average Bonchev–Trinajstić information content (AvgIpc) is 3.50. The van der Waals surface area contributed by atoms with Crippen LogP contribution in [0.5, 0.6) is 0 Å². The molecular weight excluding hydrogens is 499 g/mol. The van der Waals surface area contributed by atoms with Gasteiger partial charge in [-0.1, -0.05) is 18.2 Å². The minimum Gasteiger partial charge on any atom is -0.367 e. The number of pyridine rings is 1. The zero-order valence-corrected chi connectivity index (χ0v) is 20.0. The van der Waals surface area contributed by atoms with Gasteiger partial charge in [-0.05, 0) is 68.0 Å². The summed E-state index contributed by atoms with van der Waals surface area (Å²) in [6, 6.07) is 13.6. The molecule has 6 nitrogen and oxygen atoms in total. The molecular formula is C24H27IN6. The van der Waals surface area contributed by atoms with Crippen LogP contribution in [0.4, 0.5) is 5.82 Å². The van der Waals surface area contributed by atoms with Gasteiger partial charge in [-0.25, -0.2) is 4.98 Å². The van der Waals surface area contributed by atoms with Crippen molar-refractivity contribution in [2.45, 2.75) is 31.3 Å². The van der Waals surface area contributed by atoms with Crippen LogP contribution in [0.25, 0.3) is 28.0 Å². The van der Waals surface area contributed by atoms with Gasteiger partial charge in [0.1, 0.15) is 5.82 Å². The number of benzene rings is 1. The monoisotopic (exact) mass is 526 g/mol. The van der Waals surface area contributed by atoms with Gasteiger partial charge in [0.05, 0.1) is 11.9 Å². The van der Waals surface area contributed by atoms with Gasteiger partial charge in [0, 0.05) is 60.8 Å². The summed E-state index contributed by atoms with van der Waals surface area (Å²) < 4.78 is 6.50. The summed E-state index contributed by atoms with van der Waals surface area (Å²) >= 11 is -0.0260. The third kappa shape index (κ3) is 4.43. The van der Waals surface area contributed by atoms with Crippen LogP contribution in [0.15, 0.2) is 55.0 Å². The van der Waals surface area contributed by atoms with Crippen LogP contribution in [0, 0.1) is 0 Å². The van der Waals surface area contributed by atoms with E-state index in [2.05, 4.69) is 67.2 Å². The average molecular weight is 526 g/mol. The third-order valence-corrected chi connectivity index (χ3v) is 7.96. The van der Waals surface area contributed by atoms with Crippen LogP contribution in [0.2, 0.25) is 0 Å². The van der Waals surface area contributed by atoms with Crippen molar-refractivity contribution in [1.82, 2.24) is 17.9 Å². The van der Waals surface area contributed by atoms with E-state index in [1.165, 1.54) is 11.1 Å². The lowest BCUT2D eigenvalue weighted by atomic mass is 10.0. The number of rotatable bonds is 5. The molecule has 0 saturated heterocycles. The van der Waals surface area contributed by atoms with Gasteiger partial charge in [0.25, 0.3) is 0 Å². The van der Waals surface area contributed by atoms with Crippen molar-refractivity contribution in [1.29, 1.82) is 0 Å². The highest BCUT2D eigenvalue weighted by atomic mass is 127. The van der Waals surface area contributed by atoms with Gasteiger partial charge >= 0.3 is 0 Å². The maximum atomic E-state index is 6.16. The Hall–Kier alpha value is -2.52. The van der Waals surface area contributed by atoms with Crippen LogP contribution in [-0.2, 0) is 7.05 Å². The quantitative estimate of drug-likeness (QED) is 0.381. The molecule has 7 heteroatoms. The molecule has 0 bridgehead atoms. The van der Waals surface area contributed by atoms with Crippen LogP contribution >= 0.6 is 21.0 Å². The topological polar surface area (TPSA) is 72.0 Å². The number of halogens is 1. The fourth-order valence-electron chi connectivity index (χ4n) is 4.24. The first kappa shape index (κ1) is 20.4. The Morgan fingerprint density at radius 3 is 2.68 bits per heavy atom. The number of nitrogens with zero attached hydrogens (tertiary/aromatic N) is 4. The number of allylic oxidation sites excluding steroid dienone is 1. The van der Waals surface area contributed by atoms with E-state index in [1.54, 1.807) is 0 Å². The van der Waals surface area contributed by atoms with Gasteiger partial charge in [0.15, 0.2) is 0 Å². The second-order valence-electron chi connectivity index (χ2n) is 8.31. The van der Waals surface area contributed by atoms with Crippen molar-refractivity contribution in [2.24, 2.45) is 12.8 Å². The van der Waals surface area contributed by atoms with Crippen LogP contribution in [-0.4, -0.2) is 41.0 Å². The Morgan fingerprint density at radius 1 is 1.10 bits per heavy atom. The van der Waals surface area contributed by atoms with Crippen molar-refractivity contribution in [3.8, 4) is 22.4 Å². The minimum absolute atomic E-state index is 0.0260. The number of anilines is 1. The number of aromatic nitrogens is 3. The SMILES string of the molecule is CN1C=C(c2cccc(-c3ccc(-c4cnn(C)c4)c(N[C@H]4CCC(N)C4)n3)c2)C=I1. The lowest BCUT2D eigenvalue weighted by molar-refractivity contribution is 0.687. The molecule has 0 radical (unpaired) electrons. The van der Waals surface area contributed by atoms with Crippen molar-refractivity contribution >= 4 is 36.4 Å². The lowest BCUT2D eigenvalue weighted by Crippen LogP contribution is -2.21. The van der Waals surface area contributed by atoms with Crippen LogP contribution < -0.4 is 11.1 Å². The second kappa shape index (κ2) is 8.55. The van der Waals surface area contributed by atoms with Gasteiger partial charge in [-0.2, -0.15) is 5.10 Å². The lowest BCUT2D eigenvalue weighted by Gasteiger charge is -2.17. The highest BCUT2D eigenvalue weighted by molar-refractivity contribution is 14.2. The van der Waals surface area contributed by atoms with Crippen molar-refractivity contribution in [3.63, 3.8) is 0 Å². The molecule has 160 valence electrons. The Kier molecular flexibility index (Phi) is 5.62. The molecule has 0 amide bonds. The molecule has 1 fully saturated rings.